The predicted octanol–water partition coefficient (Wildman–Crippen LogP) is 4.21. The predicted molar refractivity (Wildman–Crippen MR) is 62.2 cm³/mol. The number of alkyl halides is 4. The molecule has 0 aromatic rings. The van der Waals surface area contributed by atoms with Crippen LogP contribution in [0.3, 0.4) is 0 Å². The zero-order valence-electron chi connectivity index (χ0n) is 8.78. The molecule has 0 bridgehead atoms. The Balaban J connectivity index is 3.88. The Hall–Kier alpha value is -0.140. The van der Waals surface area contributed by atoms with Crippen molar-refractivity contribution >= 4 is 28.4 Å². The normalized spacial score (nSPS) is 15.0. The number of unbranched alkanes of at least 4 members (excludes halogenated alkanes) is 1. The molecule has 0 N–H and O–H groups in total. The minimum atomic E-state index is -4.19. The molecule has 0 radical (unpaired) electrons. The average molecular weight is 352 g/mol. The van der Waals surface area contributed by atoms with Crippen LogP contribution in [0.4, 0.5) is 17.6 Å². The summed E-state index contributed by atoms with van der Waals surface area (Å²) in [7, 11) is 0. The molecule has 0 heterocycles. The fourth-order valence-electron chi connectivity index (χ4n) is 0.994. The molecule has 1 atom stereocenters. The second-order valence-electron chi connectivity index (χ2n) is 3.48. The maximum atomic E-state index is 12.8. The van der Waals surface area contributed by atoms with Crippen LogP contribution in [0.25, 0.3) is 0 Å². The molecular weight excluding hydrogens is 339 g/mol. The van der Waals surface area contributed by atoms with E-state index in [-0.39, 0.29) is 23.7 Å². The van der Waals surface area contributed by atoms with Gasteiger partial charge in [-0.25, -0.2) is 4.39 Å². The van der Waals surface area contributed by atoms with Crippen LogP contribution in [0.5, 0.6) is 0 Å². The molecule has 94 valence electrons. The monoisotopic (exact) mass is 352 g/mol. The number of allylic oxidation sites excluding steroid dienone is 2. The first-order valence-corrected chi connectivity index (χ1v) is 6.33. The van der Waals surface area contributed by atoms with E-state index in [0.717, 1.165) is 13.0 Å². The highest BCUT2D eigenvalue weighted by Gasteiger charge is 2.34. The molecule has 0 saturated heterocycles. The Kier molecular flexibility index (Phi) is 7.17. The van der Waals surface area contributed by atoms with Crippen LogP contribution >= 0.6 is 22.6 Å². The molecular formula is C10H13F4IO. The van der Waals surface area contributed by atoms with Gasteiger partial charge in [0.2, 0.25) is 5.78 Å². The number of hydrogen-bond acceptors (Lipinski definition) is 1. The number of ketones is 1. The van der Waals surface area contributed by atoms with Gasteiger partial charge in [0.1, 0.15) is 0 Å². The molecule has 0 aromatic heterocycles. The quantitative estimate of drug-likeness (QED) is 0.230. The molecule has 0 spiro atoms. The fourth-order valence-corrected chi connectivity index (χ4v) is 1.36. The second kappa shape index (κ2) is 7.24. The molecule has 1 nitrogen and oxygen atoms in total. The lowest BCUT2D eigenvalue weighted by molar-refractivity contribution is -0.171. The van der Waals surface area contributed by atoms with E-state index in [1.807, 2.05) is 0 Å². The lowest BCUT2D eigenvalue weighted by Gasteiger charge is -2.14. The molecule has 0 aliphatic carbocycles. The van der Waals surface area contributed by atoms with Crippen LogP contribution < -0.4 is 0 Å². The summed E-state index contributed by atoms with van der Waals surface area (Å²) in [4.78, 5) is 10.8. The summed E-state index contributed by atoms with van der Waals surface area (Å²) in [6.07, 6.45) is -2.80. The number of halogens is 5. The number of carbonyl (C=O) groups is 1. The number of rotatable bonds is 6. The van der Waals surface area contributed by atoms with Crippen LogP contribution in [0, 0.1) is 5.92 Å². The Morgan fingerprint density at radius 1 is 1.44 bits per heavy atom. The molecule has 0 saturated carbocycles. The molecule has 6 heteroatoms. The van der Waals surface area contributed by atoms with Crippen LogP contribution in [0.15, 0.2) is 11.9 Å². The van der Waals surface area contributed by atoms with Gasteiger partial charge in [0.15, 0.2) is 5.83 Å². The van der Waals surface area contributed by atoms with Gasteiger partial charge < -0.3 is 0 Å². The van der Waals surface area contributed by atoms with Crippen molar-refractivity contribution in [1.82, 2.24) is 0 Å². The summed E-state index contributed by atoms with van der Waals surface area (Å²) in [6, 6.07) is 0. The van der Waals surface area contributed by atoms with Crippen LogP contribution in [-0.4, -0.2) is 16.4 Å². The van der Waals surface area contributed by atoms with E-state index in [1.54, 1.807) is 22.6 Å². The van der Waals surface area contributed by atoms with Crippen molar-refractivity contribution in [3.63, 3.8) is 0 Å². The van der Waals surface area contributed by atoms with Crippen molar-refractivity contribution in [2.24, 2.45) is 5.92 Å². The molecule has 0 amide bonds. The summed E-state index contributed by atoms with van der Waals surface area (Å²) < 4.78 is 49.1. The van der Waals surface area contributed by atoms with Gasteiger partial charge >= 0.3 is 6.18 Å². The van der Waals surface area contributed by atoms with Gasteiger partial charge in [-0.15, -0.1) is 0 Å². The number of hydrogen-bond donors (Lipinski definition) is 0. The topological polar surface area (TPSA) is 17.1 Å². The molecule has 0 rings (SSSR count). The third-order valence-corrected chi connectivity index (χ3v) is 2.80. The van der Waals surface area contributed by atoms with Crippen molar-refractivity contribution < 1.29 is 22.4 Å². The standard InChI is InChI=1S/C10H13F4IO/c1-7(10(12,13)14)4-2-3-5-8(11)9(16)6-15/h5,7H,2-4,6H2,1H3. The smallest absolute Gasteiger partial charge is 0.291 e. The Bertz CT molecular complexity index is 260. The Morgan fingerprint density at radius 3 is 2.44 bits per heavy atom. The van der Waals surface area contributed by atoms with E-state index < -0.39 is 23.7 Å². The molecule has 0 aromatic carbocycles. The average Bonchev–Trinajstić information content (AvgIpc) is 2.20. The fraction of sp³-hybridized carbons (Fsp3) is 0.700. The first kappa shape index (κ1) is 15.9. The van der Waals surface area contributed by atoms with Gasteiger partial charge in [0, 0.05) is 0 Å². The minimum absolute atomic E-state index is 0.0407. The maximum absolute atomic E-state index is 12.8. The molecule has 0 aliphatic rings. The van der Waals surface area contributed by atoms with Crippen LogP contribution in [0.1, 0.15) is 26.2 Å². The summed E-state index contributed by atoms with van der Waals surface area (Å²) in [5.41, 5.74) is 0. The zero-order chi connectivity index (χ0) is 12.8. The van der Waals surface area contributed by atoms with E-state index >= 15 is 0 Å². The largest absolute Gasteiger partial charge is 0.391 e. The highest BCUT2D eigenvalue weighted by atomic mass is 127. The zero-order valence-corrected chi connectivity index (χ0v) is 10.9. The van der Waals surface area contributed by atoms with Gasteiger partial charge in [-0.2, -0.15) is 13.2 Å². The van der Waals surface area contributed by atoms with Gasteiger partial charge in [0.05, 0.1) is 10.3 Å². The van der Waals surface area contributed by atoms with E-state index in [9.17, 15) is 22.4 Å². The van der Waals surface area contributed by atoms with E-state index in [2.05, 4.69) is 0 Å². The van der Waals surface area contributed by atoms with Crippen molar-refractivity contribution in [3.05, 3.63) is 11.9 Å². The van der Waals surface area contributed by atoms with E-state index in [0.29, 0.717) is 0 Å². The highest BCUT2D eigenvalue weighted by molar-refractivity contribution is 14.1. The SMILES string of the molecule is CC(CCCC=C(F)C(=O)CI)C(F)(F)F. The Labute approximate surface area is 105 Å². The van der Waals surface area contributed by atoms with Gasteiger partial charge in [-0.3, -0.25) is 4.79 Å². The first-order chi connectivity index (χ1) is 7.29. The minimum Gasteiger partial charge on any atom is -0.291 e. The summed E-state index contributed by atoms with van der Waals surface area (Å²) in [5.74, 6) is -2.86. The second-order valence-corrected chi connectivity index (χ2v) is 4.25. The highest BCUT2D eigenvalue weighted by Crippen LogP contribution is 2.29. The number of carbonyl (C=O) groups excluding carboxylic acids is 1. The van der Waals surface area contributed by atoms with Crippen molar-refractivity contribution in [2.75, 3.05) is 4.43 Å². The lowest BCUT2D eigenvalue weighted by atomic mass is 10.0. The van der Waals surface area contributed by atoms with Gasteiger partial charge in [-0.05, 0) is 25.3 Å². The third kappa shape index (κ3) is 6.44. The summed E-state index contributed by atoms with van der Waals surface area (Å²) >= 11 is 1.73. The maximum Gasteiger partial charge on any atom is 0.391 e. The van der Waals surface area contributed by atoms with Crippen LogP contribution in [0.2, 0.25) is 0 Å². The van der Waals surface area contributed by atoms with Gasteiger partial charge in [0.25, 0.3) is 0 Å². The first-order valence-electron chi connectivity index (χ1n) is 4.80. The summed E-state index contributed by atoms with van der Waals surface area (Å²) in [6.45, 7) is 1.09. The van der Waals surface area contributed by atoms with Gasteiger partial charge in [-0.1, -0.05) is 29.5 Å². The van der Waals surface area contributed by atoms with Crippen molar-refractivity contribution in [3.8, 4) is 0 Å². The molecule has 1 unspecified atom stereocenters. The lowest BCUT2D eigenvalue weighted by Crippen LogP contribution is -2.19. The van der Waals surface area contributed by atoms with Crippen LogP contribution in [-0.2, 0) is 4.79 Å². The molecule has 0 aliphatic heterocycles. The van der Waals surface area contributed by atoms with Crippen molar-refractivity contribution in [2.45, 2.75) is 32.4 Å². The third-order valence-electron chi connectivity index (χ3n) is 2.11. The van der Waals surface area contributed by atoms with E-state index in [4.69, 9.17) is 0 Å². The van der Waals surface area contributed by atoms with Crippen molar-refractivity contribution in [1.29, 1.82) is 0 Å². The Morgan fingerprint density at radius 2 is 2.00 bits per heavy atom. The number of Topliss-reactive ketones (excluding diaryl/α,β-unsaturated/α-hetero) is 1. The summed E-state index contributed by atoms with van der Waals surface area (Å²) in [5, 5.41) is 0. The molecule has 16 heavy (non-hydrogen) atoms. The molecule has 0 fully saturated rings. The van der Waals surface area contributed by atoms with E-state index in [1.165, 1.54) is 0 Å².